The lowest BCUT2D eigenvalue weighted by atomic mass is 10.2. The lowest BCUT2D eigenvalue weighted by Crippen LogP contribution is -2.27. The van der Waals surface area contributed by atoms with Gasteiger partial charge in [0.05, 0.1) is 10.6 Å². The Morgan fingerprint density at radius 2 is 1.96 bits per heavy atom. The van der Waals surface area contributed by atoms with Crippen LogP contribution in [-0.2, 0) is 9.59 Å². The van der Waals surface area contributed by atoms with Gasteiger partial charge in [0.1, 0.15) is 5.75 Å². The first-order valence-corrected chi connectivity index (χ1v) is 9.04. The smallest absolute Gasteiger partial charge is 0.341 e. The number of rotatable bonds is 5. The normalized spacial score (nSPS) is 15.6. The molecule has 26 heavy (non-hydrogen) atoms. The van der Waals surface area contributed by atoms with Gasteiger partial charge in [-0.1, -0.05) is 24.3 Å². The molecule has 1 N–H and O–H groups in total. The summed E-state index contributed by atoms with van der Waals surface area (Å²) in [6.07, 6.45) is 1.58. The molecule has 1 saturated heterocycles. The molecular formula is C18H12BrNO5S. The number of carbonyl (C=O) groups excluding carboxylic acids is 2. The largest absolute Gasteiger partial charge is 0.482 e. The number of imide groups is 1. The zero-order valence-electron chi connectivity index (χ0n) is 13.2. The van der Waals surface area contributed by atoms with E-state index in [-0.39, 0.29) is 10.1 Å². The zero-order chi connectivity index (χ0) is 18.7. The summed E-state index contributed by atoms with van der Waals surface area (Å²) in [4.78, 5) is 36.9. The monoisotopic (exact) mass is 433 g/mol. The van der Waals surface area contributed by atoms with Crippen molar-refractivity contribution in [3.8, 4) is 5.75 Å². The van der Waals surface area contributed by atoms with Crippen molar-refractivity contribution < 1.29 is 24.2 Å². The van der Waals surface area contributed by atoms with Crippen LogP contribution in [0.5, 0.6) is 5.75 Å². The Kier molecular flexibility index (Phi) is 5.43. The van der Waals surface area contributed by atoms with E-state index < -0.39 is 18.5 Å². The van der Waals surface area contributed by atoms with Gasteiger partial charge in [0.15, 0.2) is 6.61 Å². The number of thioether (sulfide) groups is 1. The summed E-state index contributed by atoms with van der Waals surface area (Å²) in [5.74, 6) is -1.13. The number of aliphatic carboxylic acids is 1. The highest BCUT2D eigenvalue weighted by Gasteiger charge is 2.37. The fraction of sp³-hybridized carbons (Fsp3) is 0.0556. The van der Waals surface area contributed by atoms with Gasteiger partial charge in [0.25, 0.3) is 11.1 Å². The second-order valence-electron chi connectivity index (χ2n) is 5.22. The van der Waals surface area contributed by atoms with Crippen molar-refractivity contribution in [3.05, 3.63) is 63.5 Å². The fourth-order valence-electron chi connectivity index (χ4n) is 2.30. The van der Waals surface area contributed by atoms with Crippen molar-refractivity contribution in [1.82, 2.24) is 0 Å². The minimum atomic E-state index is -1.08. The zero-order valence-corrected chi connectivity index (χ0v) is 15.6. The van der Waals surface area contributed by atoms with Crippen LogP contribution in [0.15, 0.2) is 57.9 Å². The fourth-order valence-corrected chi connectivity index (χ4v) is 3.60. The topological polar surface area (TPSA) is 83.9 Å². The number of anilines is 1. The summed E-state index contributed by atoms with van der Waals surface area (Å²) in [6, 6.07) is 13.6. The van der Waals surface area contributed by atoms with E-state index >= 15 is 0 Å². The molecule has 2 aromatic rings. The van der Waals surface area contributed by atoms with Crippen molar-refractivity contribution in [2.45, 2.75) is 0 Å². The van der Waals surface area contributed by atoms with Crippen molar-refractivity contribution in [1.29, 1.82) is 0 Å². The van der Waals surface area contributed by atoms with E-state index in [0.29, 0.717) is 21.5 Å². The number of amides is 2. The summed E-state index contributed by atoms with van der Waals surface area (Å²) < 4.78 is 5.77. The van der Waals surface area contributed by atoms with Crippen LogP contribution in [0.25, 0.3) is 6.08 Å². The van der Waals surface area contributed by atoms with E-state index in [0.717, 1.165) is 16.7 Å². The van der Waals surface area contributed by atoms with Crippen LogP contribution in [0.3, 0.4) is 0 Å². The average Bonchev–Trinajstić information content (AvgIpc) is 2.88. The van der Waals surface area contributed by atoms with Gasteiger partial charge < -0.3 is 9.84 Å². The van der Waals surface area contributed by atoms with E-state index in [1.165, 1.54) is 0 Å². The lowest BCUT2D eigenvalue weighted by molar-refractivity contribution is -0.139. The van der Waals surface area contributed by atoms with Crippen LogP contribution >= 0.6 is 27.7 Å². The minimum absolute atomic E-state index is 0.279. The SMILES string of the molecule is O=C(O)COc1cccc(/C=C2/SC(=O)N(c3ccccc3Br)C2=O)c1. The molecule has 0 aromatic heterocycles. The van der Waals surface area contributed by atoms with Crippen molar-refractivity contribution in [3.63, 3.8) is 0 Å². The number of carbonyl (C=O) groups is 3. The first-order valence-electron chi connectivity index (χ1n) is 7.43. The first-order chi connectivity index (χ1) is 12.5. The number of ether oxygens (including phenoxy) is 1. The van der Waals surface area contributed by atoms with Crippen LogP contribution in [0.2, 0.25) is 0 Å². The minimum Gasteiger partial charge on any atom is -0.482 e. The third-order valence-electron chi connectivity index (χ3n) is 3.41. The van der Waals surface area contributed by atoms with Crippen LogP contribution in [0, 0.1) is 0 Å². The second-order valence-corrected chi connectivity index (χ2v) is 7.07. The van der Waals surface area contributed by atoms with Gasteiger partial charge in [0.2, 0.25) is 0 Å². The van der Waals surface area contributed by atoms with Crippen LogP contribution in [-0.4, -0.2) is 28.8 Å². The van der Waals surface area contributed by atoms with Gasteiger partial charge in [-0.2, -0.15) is 0 Å². The maximum absolute atomic E-state index is 12.7. The number of hydrogen-bond acceptors (Lipinski definition) is 5. The molecule has 0 saturated carbocycles. The molecule has 0 bridgehead atoms. The maximum Gasteiger partial charge on any atom is 0.341 e. The molecule has 0 spiro atoms. The highest BCUT2D eigenvalue weighted by molar-refractivity contribution is 9.10. The van der Waals surface area contributed by atoms with E-state index in [1.807, 2.05) is 0 Å². The van der Waals surface area contributed by atoms with Crippen LogP contribution < -0.4 is 9.64 Å². The first kappa shape index (κ1) is 18.2. The van der Waals surface area contributed by atoms with Gasteiger partial charge >= 0.3 is 5.97 Å². The Balaban J connectivity index is 1.85. The summed E-state index contributed by atoms with van der Waals surface area (Å²) in [6.45, 7) is -0.456. The number of para-hydroxylation sites is 1. The number of nitrogens with zero attached hydrogens (tertiary/aromatic N) is 1. The molecule has 132 valence electrons. The highest BCUT2D eigenvalue weighted by Crippen LogP contribution is 2.38. The molecule has 0 radical (unpaired) electrons. The average molecular weight is 434 g/mol. The third-order valence-corrected chi connectivity index (χ3v) is 4.95. The summed E-state index contributed by atoms with van der Waals surface area (Å²) >= 11 is 4.19. The molecular weight excluding hydrogens is 422 g/mol. The molecule has 1 aliphatic rings. The molecule has 3 rings (SSSR count). The standard InChI is InChI=1S/C18H12BrNO5S/c19-13-6-1-2-7-14(13)20-17(23)15(26-18(20)24)9-11-4-3-5-12(8-11)25-10-16(21)22/h1-9H,10H2,(H,21,22)/b15-9+. The Labute approximate surface area is 161 Å². The quantitative estimate of drug-likeness (QED) is 0.712. The number of carboxylic acids is 1. The van der Waals surface area contributed by atoms with Crippen molar-refractivity contribution >= 4 is 56.6 Å². The number of halogens is 1. The predicted octanol–water partition coefficient (Wildman–Crippen LogP) is 4.15. The van der Waals surface area contributed by atoms with Crippen LogP contribution in [0.1, 0.15) is 5.56 Å². The van der Waals surface area contributed by atoms with Gasteiger partial charge in [0, 0.05) is 4.47 Å². The van der Waals surface area contributed by atoms with Gasteiger partial charge in [-0.3, -0.25) is 9.59 Å². The number of benzene rings is 2. The third kappa shape index (κ3) is 3.97. The molecule has 0 aliphatic carbocycles. The Hall–Kier alpha value is -2.58. The molecule has 6 nitrogen and oxygen atoms in total. The number of carboxylic acid groups (broad SMARTS) is 1. The lowest BCUT2D eigenvalue weighted by Gasteiger charge is -2.13. The molecule has 2 aromatic carbocycles. The van der Waals surface area contributed by atoms with Crippen molar-refractivity contribution in [2.75, 3.05) is 11.5 Å². The van der Waals surface area contributed by atoms with Gasteiger partial charge in [-0.05, 0) is 63.6 Å². The summed E-state index contributed by atoms with van der Waals surface area (Å²) in [5, 5.41) is 8.28. The Morgan fingerprint density at radius 1 is 1.19 bits per heavy atom. The molecule has 2 amide bonds. The number of hydrogen-bond donors (Lipinski definition) is 1. The predicted molar refractivity (Wildman–Crippen MR) is 102 cm³/mol. The van der Waals surface area contributed by atoms with Crippen LogP contribution in [0.4, 0.5) is 10.5 Å². The molecule has 0 unspecified atom stereocenters. The summed E-state index contributed by atoms with van der Waals surface area (Å²) in [5.41, 5.74) is 1.11. The second kappa shape index (κ2) is 7.76. The Morgan fingerprint density at radius 3 is 2.69 bits per heavy atom. The molecule has 1 aliphatic heterocycles. The molecule has 1 heterocycles. The van der Waals surface area contributed by atoms with Crippen molar-refractivity contribution in [2.24, 2.45) is 0 Å². The van der Waals surface area contributed by atoms with E-state index in [4.69, 9.17) is 9.84 Å². The summed E-state index contributed by atoms with van der Waals surface area (Å²) in [7, 11) is 0. The van der Waals surface area contributed by atoms with Gasteiger partial charge in [-0.15, -0.1) is 0 Å². The van der Waals surface area contributed by atoms with Gasteiger partial charge in [-0.25, -0.2) is 9.69 Å². The van der Waals surface area contributed by atoms with E-state index in [1.54, 1.807) is 54.6 Å². The van der Waals surface area contributed by atoms with E-state index in [9.17, 15) is 14.4 Å². The maximum atomic E-state index is 12.7. The highest BCUT2D eigenvalue weighted by atomic mass is 79.9. The molecule has 8 heteroatoms. The molecule has 0 atom stereocenters. The molecule has 1 fully saturated rings. The Bertz CT molecular complexity index is 927. The van der Waals surface area contributed by atoms with E-state index in [2.05, 4.69) is 15.9 Å².